The van der Waals surface area contributed by atoms with Crippen molar-refractivity contribution >= 4 is 41.1 Å². The maximum Gasteiger partial charge on any atom is 0.197 e. The predicted octanol–water partition coefficient (Wildman–Crippen LogP) is 5.59. The Hall–Kier alpha value is -2.99. The fourth-order valence-corrected chi connectivity index (χ4v) is 2.97. The van der Waals surface area contributed by atoms with Gasteiger partial charge in [-0.15, -0.1) is 0 Å². The molecule has 0 bridgehead atoms. The van der Waals surface area contributed by atoms with Gasteiger partial charge in [-0.2, -0.15) is 0 Å². The van der Waals surface area contributed by atoms with Crippen molar-refractivity contribution in [1.82, 2.24) is 0 Å². The molecular formula is C21H20N2O3S. The molecule has 1 N–H and O–H groups in total. The van der Waals surface area contributed by atoms with Crippen molar-refractivity contribution < 1.29 is 13.6 Å². The summed E-state index contributed by atoms with van der Waals surface area (Å²) >= 11 is 5.37. The van der Waals surface area contributed by atoms with Gasteiger partial charge in [0.2, 0.25) is 0 Å². The molecule has 3 aromatic rings. The van der Waals surface area contributed by atoms with Gasteiger partial charge in [-0.25, -0.2) is 0 Å². The first kappa shape index (κ1) is 18.8. The number of nitrogens with one attached hydrogen (secondary N) is 1. The third-order valence-corrected chi connectivity index (χ3v) is 4.44. The molecule has 0 aliphatic rings. The predicted molar refractivity (Wildman–Crippen MR) is 110 cm³/mol. The van der Waals surface area contributed by atoms with Crippen LogP contribution in [0, 0.1) is 0 Å². The number of furan rings is 2. The average Bonchev–Trinajstić information content (AvgIpc) is 3.39. The molecular weight excluding hydrogens is 360 g/mol. The lowest BCUT2D eigenvalue weighted by Crippen LogP contribution is -2.09. The standard InChI is InChI=1S/C21H20N2O3S/c1-22-16-11-10-15(6-2-3-7-18(24)19-8-4-12-25-19)14-17(16)23-21(27)20-9-5-13-26-20/h4-5,8-14H,1-3,6-7H2,(H,23,27). The zero-order valence-electron chi connectivity index (χ0n) is 14.8. The van der Waals surface area contributed by atoms with E-state index in [9.17, 15) is 4.79 Å². The van der Waals surface area contributed by atoms with Gasteiger partial charge < -0.3 is 14.2 Å². The molecule has 0 radical (unpaired) electrons. The Morgan fingerprint density at radius 3 is 2.48 bits per heavy atom. The molecule has 1 aromatic carbocycles. The van der Waals surface area contributed by atoms with Crippen LogP contribution in [0.3, 0.4) is 0 Å². The van der Waals surface area contributed by atoms with Crippen LogP contribution in [0.25, 0.3) is 0 Å². The van der Waals surface area contributed by atoms with Crippen LogP contribution in [0.15, 0.2) is 68.8 Å². The topological polar surface area (TPSA) is 67.7 Å². The fraction of sp³-hybridized carbons (Fsp3) is 0.190. The quantitative estimate of drug-likeness (QED) is 0.227. The zero-order chi connectivity index (χ0) is 19.1. The smallest absolute Gasteiger partial charge is 0.197 e. The molecule has 0 aliphatic heterocycles. The highest BCUT2D eigenvalue weighted by molar-refractivity contribution is 7.81. The van der Waals surface area contributed by atoms with Gasteiger partial charge in [-0.05, 0) is 67.9 Å². The normalized spacial score (nSPS) is 10.5. The molecule has 0 saturated carbocycles. The lowest BCUT2D eigenvalue weighted by atomic mass is 10.0. The van der Waals surface area contributed by atoms with E-state index in [-0.39, 0.29) is 5.78 Å². The second kappa shape index (κ2) is 9.09. The van der Waals surface area contributed by atoms with Crippen LogP contribution in [0.2, 0.25) is 0 Å². The van der Waals surface area contributed by atoms with E-state index < -0.39 is 0 Å². The summed E-state index contributed by atoms with van der Waals surface area (Å²) in [4.78, 5) is 16.5. The molecule has 2 heterocycles. The SMILES string of the molecule is C=Nc1ccc(CCCCC(=O)c2ccco2)cc1NC(=S)c1ccco1. The van der Waals surface area contributed by atoms with Crippen LogP contribution in [0.1, 0.15) is 41.1 Å². The molecule has 27 heavy (non-hydrogen) atoms. The number of Topliss-reactive ketones (excluding diaryl/α,β-unsaturated/α-hetero) is 1. The van der Waals surface area contributed by atoms with Crippen molar-refractivity contribution in [3.05, 3.63) is 72.1 Å². The summed E-state index contributed by atoms with van der Waals surface area (Å²) in [5.41, 5.74) is 2.65. The van der Waals surface area contributed by atoms with Crippen molar-refractivity contribution in [2.75, 3.05) is 5.32 Å². The number of ketones is 1. The molecule has 0 amide bonds. The minimum absolute atomic E-state index is 0.0392. The van der Waals surface area contributed by atoms with E-state index >= 15 is 0 Å². The van der Waals surface area contributed by atoms with Crippen LogP contribution in [0.4, 0.5) is 11.4 Å². The lowest BCUT2D eigenvalue weighted by molar-refractivity contribution is 0.0952. The summed E-state index contributed by atoms with van der Waals surface area (Å²) in [6.45, 7) is 3.61. The van der Waals surface area contributed by atoms with Gasteiger partial charge in [-0.3, -0.25) is 9.79 Å². The highest BCUT2D eigenvalue weighted by atomic mass is 32.1. The first-order valence-corrected chi connectivity index (χ1v) is 9.09. The Kier molecular flexibility index (Phi) is 6.33. The van der Waals surface area contributed by atoms with E-state index in [2.05, 4.69) is 17.0 Å². The Morgan fingerprint density at radius 1 is 1.07 bits per heavy atom. The first-order chi connectivity index (χ1) is 13.2. The Balaban J connectivity index is 1.57. The monoisotopic (exact) mass is 380 g/mol. The van der Waals surface area contributed by atoms with E-state index in [0.717, 1.165) is 36.2 Å². The number of benzene rings is 1. The molecule has 2 aromatic heterocycles. The Labute approximate surface area is 163 Å². The summed E-state index contributed by atoms with van der Waals surface area (Å²) in [6.07, 6.45) is 6.13. The van der Waals surface area contributed by atoms with E-state index in [1.807, 2.05) is 18.2 Å². The maximum absolute atomic E-state index is 11.9. The number of carbonyl (C=O) groups excluding carboxylic acids is 1. The zero-order valence-corrected chi connectivity index (χ0v) is 15.6. The van der Waals surface area contributed by atoms with Crippen LogP contribution in [0.5, 0.6) is 0 Å². The number of unbranched alkanes of at least 4 members (excludes halogenated alkanes) is 1. The first-order valence-electron chi connectivity index (χ1n) is 8.68. The van der Waals surface area contributed by atoms with Gasteiger partial charge in [0.1, 0.15) is 4.99 Å². The molecule has 0 spiro atoms. The second-order valence-corrected chi connectivity index (χ2v) is 6.46. The van der Waals surface area contributed by atoms with Gasteiger partial charge in [0.15, 0.2) is 17.3 Å². The van der Waals surface area contributed by atoms with E-state index in [1.54, 1.807) is 30.5 Å². The van der Waals surface area contributed by atoms with Gasteiger partial charge in [0.25, 0.3) is 0 Å². The van der Waals surface area contributed by atoms with Crippen molar-refractivity contribution in [2.45, 2.75) is 25.7 Å². The summed E-state index contributed by atoms with van der Waals surface area (Å²) in [5, 5.41) is 3.17. The van der Waals surface area contributed by atoms with Gasteiger partial charge in [-0.1, -0.05) is 18.3 Å². The largest absolute Gasteiger partial charge is 0.462 e. The minimum atomic E-state index is 0.0392. The van der Waals surface area contributed by atoms with Crippen molar-refractivity contribution in [3.63, 3.8) is 0 Å². The summed E-state index contributed by atoms with van der Waals surface area (Å²) in [7, 11) is 0. The molecule has 138 valence electrons. The number of aryl methyl sites for hydroxylation is 1. The third kappa shape index (κ3) is 5.01. The van der Waals surface area contributed by atoms with Crippen molar-refractivity contribution in [2.24, 2.45) is 4.99 Å². The highest BCUT2D eigenvalue weighted by Crippen LogP contribution is 2.27. The van der Waals surface area contributed by atoms with Crippen molar-refractivity contribution in [3.8, 4) is 0 Å². The number of anilines is 1. The summed E-state index contributed by atoms with van der Waals surface area (Å²) < 4.78 is 10.4. The Morgan fingerprint density at radius 2 is 1.81 bits per heavy atom. The van der Waals surface area contributed by atoms with Gasteiger partial charge in [0, 0.05) is 6.42 Å². The number of hydrogen-bond acceptors (Lipinski definition) is 5. The van der Waals surface area contributed by atoms with Crippen LogP contribution in [-0.4, -0.2) is 17.5 Å². The molecule has 3 rings (SSSR count). The van der Waals surface area contributed by atoms with Crippen molar-refractivity contribution in [1.29, 1.82) is 0 Å². The fourth-order valence-electron chi connectivity index (χ4n) is 2.74. The number of hydrogen-bond donors (Lipinski definition) is 1. The molecule has 5 nitrogen and oxygen atoms in total. The summed E-state index contributed by atoms with van der Waals surface area (Å²) in [5.74, 6) is 1.06. The maximum atomic E-state index is 11.9. The number of carbonyl (C=O) groups is 1. The van der Waals surface area contributed by atoms with Crippen LogP contribution < -0.4 is 5.32 Å². The van der Waals surface area contributed by atoms with Crippen LogP contribution in [-0.2, 0) is 6.42 Å². The highest BCUT2D eigenvalue weighted by Gasteiger charge is 2.10. The number of nitrogens with zero attached hydrogens (tertiary/aromatic N) is 1. The number of rotatable bonds is 9. The molecule has 0 atom stereocenters. The van der Waals surface area contributed by atoms with Crippen LogP contribution >= 0.6 is 12.2 Å². The lowest BCUT2D eigenvalue weighted by Gasteiger charge is -2.11. The van der Waals surface area contributed by atoms with E-state index in [4.69, 9.17) is 21.1 Å². The Bertz CT molecular complexity index is 915. The average molecular weight is 380 g/mol. The number of thiocarbonyl (C=S) groups is 1. The molecule has 0 fully saturated rings. The minimum Gasteiger partial charge on any atom is -0.462 e. The summed E-state index contributed by atoms with van der Waals surface area (Å²) in [6, 6.07) is 12.9. The molecule has 6 heteroatoms. The van der Waals surface area contributed by atoms with E-state index in [0.29, 0.717) is 22.9 Å². The second-order valence-electron chi connectivity index (χ2n) is 6.05. The molecule has 0 unspecified atom stereocenters. The van der Waals surface area contributed by atoms with Gasteiger partial charge >= 0.3 is 0 Å². The van der Waals surface area contributed by atoms with E-state index in [1.165, 1.54) is 6.26 Å². The third-order valence-electron chi connectivity index (χ3n) is 4.14. The number of aliphatic imine (C=N–C) groups is 1. The molecule has 0 aliphatic carbocycles. The van der Waals surface area contributed by atoms with Gasteiger partial charge in [0.05, 0.1) is 23.9 Å². The molecule has 0 saturated heterocycles.